The number of benzene rings is 3. The third-order valence-electron chi connectivity index (χ3n) is 6.02. The predicted octanol–water partition coefficient (Wildman–Crippen LogP) is 4.98. The fourth-order valence-electron chi connectivity index (χ4n) is 4.34. The monoisotopic (exact) mass is 481 g/mol. The Bertz CT molecular complexity index is 1170. The fourth-order valence-corrected chi connectivity index (χ4v) is 4.87. The molecule has 4 rings (SSSR count). The summed E-state index contributed by atoms with van der Waals surface area (Å²) < 4.78 is 0. The SMILES string of the molecule is CN(C)C(CNC(=O)[C@@H]1c2ccccc2C(=O)N[C@H]1c1ccc(Cl)cc1Cl)c1ccccc1. The van der Waals surface area contributed by atoms with Crippen LogP contribution in [0.5, 0.6) is 0 Å². The number of hydrogen-bond acceptors (Lipinski definition) is 3. The van der Waals surface area contributed by atoms with Gasteiger partial charge >= 0.3 is 0 Å². The molecule has 170 valence electrons. The number of nitrogens with one attached hydrogen (secondary N) is 2. The van der Waals surface area contributed by atoms with Crippen LogP contribution >= 0.6 is 23.2 Å². The summed E-state index contributed by atoms with van der Waals surface area (Å²) in [5, 5.41) is 7.00. The third-order valence-corrected chi connectivity index (χ3v) is 6.58. The summed E-state index contributed by atoms with van der Waals surface area (Å²) >= 11 is 12.6. The van der Waals surface area contributed by atoms with E-state index in [1.54, 1.807) is 30.3 Å². The summed E-state index contributed by atoms with van der Waals surface area (Å²) in [5.41, 5.74) is 2.93. The summed E-state index contributed by atoms with van der Waals surface area (Å²) in [6, 6.07) is 21.7. The number of carbonyl (C=O) groups excluding carboxylic acids is 2. The van der Waals surface area contributed by atoms with Gasteiger partial charge in [0.1, 0.15) is 0 Å². The highest BCUT2D eigenvalue weighted by Gasteiger charge is 2.40. The first kappa shape index (κ1) is 23.3. The molecule has 0 radical (unpaired) electrons. The molecule has 3 aromatic rings. The molecule has 3 aromatic carbocycles. The minimum Gasteiger partial charge on any atom is -0.354 e. The molecular weight excluding hydrogens is 457 g/mol. The Morgan fingerprint density at radius 3 is 2.39 bits per heavy atom. The molecule has 0 spiro atoms. The van der Waals surface area contributed by atoms with Crippen molar-refractivity contribution in [2.75, 3.05) is 20.6 Å². The van der Waals surface area contributed by atoms with Gasteiger partial charge < -0.3 is 15.5 Å². The van der Waals surface area contributed by atoms with Crippen molar-refractivity contribution in [3.8, 4) is 0 Å². The summed E-state index contributed by atoms with van der Waals surface area (Å²) in [7, 11) is 3.96. The second-order valence-corrected chi connectivity index (χ2v) is 9.16. The Labute approximate surface area is 203 Å². The average molecular weight is 482 g/mol. The van der Waals surface area contributed by atoms with Crippen molar-refractivity contribution in [1.29, 1.82) is 0 Å². The van der Waals surface area contributed by atoms with E-state index in [4.69, 9.17) is 23.2 Å². The molecule has 5 nitrogen and oxygen atoms in total. The molecule has 0 saturated carbocycles. The van der Waals surface area contributed by atoms with E-state index < -0.39 is 12.0 Å². The lowest BCUT2D eigenvalue weighted by molar-refractivity contribution is -0.123. The van der Waals surface area contributed by atoms with Gasteiger partial charge in [0.15, 0.2) is 0 Å². The maximum Gasteiger partial charge on any atom is 0.252 e. The van der Waals surface area contributed by atoms with E-state index in [0.717, 1.165) is 5.56 Å². The highest BCUT2D eigenvalue weighted by Crippen LogP contribution is 2.40. The van der Waals surface area contributed by atoms with Crippen LogP contribution in [0.4, 0.5) is 0 Å². The van der Waals surface area contributed by atoms with Gasteiger partial charge in [0.2, 0.25) is 5.91 Å². The molecule has 1 heterocycles. The van der Waals surface area contributed by atoms with E-state index in [9.17, 15) is 9.59 Å². The second kappa shape index (κ2) is 9.96. The lowest BCUT2D eigenvalue weighted by Crippen LogP contribution is -2.46. The molecular formula is C26H25Cl2N3O2. The Balaban J connectivity index is 1.67. The van der Waals surface area contributed by atoms with Crippen LogP contribution in [0.25, 0.3) is 0 Å². The zero-order chi connectivity index (χ0) is 23.5. The zero-order valence-electron chi connectivity index (χ0n) is 18.4. The second-order valence-electron chi connectivity index (χ2n) is 8.32. The van der Waals surface area contributed by atoms with Gasteiger partial charge in [-0.1, -0.05) is 77.8 Å². The number of carbonyl (C=O) groups is 2. The smallest absolute Gasteiger partial charge is 0.252 e. The lowest BCUT2D eigenvalue weighted by Gasteiger charge is -2.34. The molecule has 33 heavy (non-hydrogen) atoms. The number of rotatable bonds is 6. The van der Waals surface area contributed by atoms with E-state index in [-0.39, 0.29) is 17.9 Å². The largest absolute Gasteiger partial charge is 0.354 e. The first-order chi connectivity index (χ1) is 15.9. The molecule has 1 unspecified atom stereocenters. The summed E-state index contributed by atoms with van der Waals surface area (Å²) in [6.45, 7) is 0.420. The Morgan fingerprint density at radius 1 is 1.00 bits per heavy atom. The van der Waals surface area contributed by atoms with Crippen LogP contribution in [0.2, 0.25) is 10.0 Å². The number of likely N-dealkylation sites (N-methyl/N-ethyl adjacent to an activating group) is 1. The van der Waals surface area contributed by atoms with Crippen LogP contribution in [-0.2, 0) is 4.79 Å². The van der Waals surface area contributed by atoms with Crippen LogP contribution in [0, 0.1) is 0 Å². The number of amides is 2. The fraction of sp³-hybridized carbons (Fsp3) is 0.231. The van der Waals surface area contributed by atoms with E-state index in [0.29, 0.717) is 33.3 Å². The highest BCUT2D eigenvalue weighted by atomic mass is 35.5. The van der Waals surface area contributed by atoms with E-state index in [2.05, 4.69) is 15.5 Å². The minimum atomic E-state index is -0.642. The molecule has 0 aliphatic carbocycles. The van der Waals surface area contributed by atoms with Crippen molar-refractivity contribution in [2.45, 2.75) is 18.0 Å². The summed E-state index contributed by atoms with van der Waals surface area (Å²) in [6.07, 6.45) is 0. The third kappa shape index (κ3) is 4.91. The molecule has 0 fully saturated rings. The lowest BCUT2D eigenvalue weighted by atomic mass is 9.80. The number of fused-ring (bicyclic) bond motifs is 1. The van der Waals surface area contributed by atoms with E-state index in [1.807, 2.05) is 56.6 Å². The van der Waals surface area contributed by atoms with Crippen LogP contribution in [0.1, 0.15) is 45.0 Å². The van der Waals surface area contributed by atoms with Crippen molar-refractivity contribution >= 4 is 35.0 Å². The first-order valence-corrected chi connectivity index (χ1v) is 11.5. The van der Waals surface area contributed by atoms with Gasteiger partial charge in [-0.15, -0.1) is 0 Å². The standard InChI is InChI=1S/C26H25Cl2N3O2/c1-31(2)22(16-8-4-3-5-9-16)15-29-26(33)23-18-10-6-7-11-19(18)25(32)30-24(23)20-13-12-17(27)14-21(20)28/h3-14,22-24H,15H2,1-2H3,(H,29,33)(H,30,32)/t22?,23-,24+/m1/s1. The van der Waals surface area contributed by atoms with Crippen molar-refractivity contribution in [2.24, 2.45) is 0 Å². The van der Waals surface area contributed by atoms with E-state index >= 15 is 0 Å². The van der Waals surface area contributed by atoms with Crippen molar-refractivity contribution in [3.63, 3.8) is 0 Å². The highest BCUT2D eigenvalue weighted by molar-refractivity contribution is 6.35. The molecule has 1 aliphatic rings. The predicted molar refractivity (Wildman–Crippen MR) is 132 cm³/mol. The Kier molecular flexibility index (Phi) is 7.03. The average Bonchev–Trinajstić information content (AvgIpc) is 2.79. The molecule has 0 saturated heterocycles. The normalized spacial score (nSPS) is 18.4. The van der Waals surface area contributed by atoms with Crippen molar-refractivity contribution in [1.82, 2.24) is 15.5 Å². The van der Waals surface area contributed by atoms with Gasteiger partial charge in [0.25, 0.3) is 5.91 Å². The molecule has 0 bridgehead atoms. The summed E-state index contributed by atoms with van der Waals surface area (Å²) in [5.74, 6) is -1.06. The van der Waals surface area contributed by atoms with Crippen LogP contribution in [-0.4, -0.2) is 37.4 Å². The number of hydrogen-bond donors (Lipinski definition) is 2. The summed E-state index contributed by atoms with van der Waals surface area (Å²) in [4.78, 5) is 28.5. The van der Waals surface area contributed by atoms with Crippen LogP contribution in [0.15, 0.2) is 72.8 Å². The minimum absolute atomic E-state index is 0.00106. The first-order valence-electron chi connectivity index (χ1n) is 10.7. The quantitative estimate of drug-likeness (QED) is 0.521. The molecule has 2 amide bonds. The number of halogens is 2. The van der Waals surface area contributed by atoms with Crippen molar-refractivity contribution < 1.29 is 9.59 Å². The van der Waals surface area contributed by atoms with Crippen LogP contribution < -0.4 is 10.6 Å². The molecule has 3 atom stereocenters. The van der Waals surface area contributed by atoms with Gasteiger partial charge in [-0.25, -0.2) is 0 Å². The molecule has 2 N–H and O–H groups in total. The molecule has 0 aromatic heterocycles. The Morgan fingerprint density at radius 2 is 1.70 bits per heavy atom. The molecule has 1 aliphatic heterocycles. The van der Waals surface area contributed by atoms with Gasteiger partial charge in [-0.2, -0.15) is 0 Å². The maximum atomic E-state index is 13.6. The Hall–Kier alpha value is -2.86. The van der Waals surface area contributed by atoms with Gasteiger partial charge in [0.05, 0.1) is 18.0 Å². The topological polar surface area (TPSA) is 61.4 Å². The van der Waals surface area contributed by atoms with Gasteiger partial charge in [-0.05, 0) is 49.0 Å². The molecule has 7 heteroatoms. The van der Waals surface area contributed by atoms with Gasteiger partial charge in [0, 0.05) is 22.2 Å². The van der Waals surface area contributed by atoms with Crippen molar-refractivity contribution in [3.05, 3.63) is 105 Å². The number of nitrogens with zero attached hydrogens (tertiary/aromatic N) is 1. The van der Waals surface area contributed by atoms with Gasteiger partial charge in [-0.3, -0.25) is 9.59 Å². The zero-order valence-corrected chi connectivity index (χ0v) is 19.9. The van der Waals surface area contributed by atoms with E-state index in [1.165, 1.54) is 0 Å². The van der Waals surface area contributed by atoms with Crippen LogP contribution in [0.3, 0.4) is 0 Å². The maximum absolute atomic E-state index is 13.6.